The summed E-state index contributed by atoms with van der Waals surface area (Å²) in [4.78, 5) is 35.8. The molecule has 1 spiro atoms. The minimum atomic E-state index is -0.341. The van der Waals surface area contributed by atoms with E-state index in [-0.39, 0.29) is 23.5 Å². The highest BCUT2D eigenvalue weighted by Crippen LogP contribution is 2.39. The Balaban J connectivity index is 1.59. The maximum Gasteiger partial charge on any atom is 0.274 e. The van der Waals surface area contributed by atoms with E-state index in [0.29, 0.717) is 18.8 Å². The van der Waals surface area contributed by atoms with Crippen LogP contribution in [0.3, 0.4) is 0 Å². The Bertz CT molecular complexity index is 582. The van der Waals surface area contributed by atoms with Gasteiger partial charge in [-0.05, 0) is 25.7 Å². The van der Waals surface area contributed by atoms with Crippen LogP contribution in [0.4, 0.5) is 0 Å². The van der Waals surface area contributed by atoms with Gasteiger partial charge in [0.05, 0.1) is 11.8 Å². The van der Waals surface area contributed by atoms with Gasteiger partial charge in [-0.2, -0.15) is 0 Å². The molecule has 1 atom stereocenters. The number of rotatable bonds is 2. The number of aromatic nitrogens is 2. The molecule has 2 amide bonds. The summed E-state index contributed by atoms with van der Waals surface area (Å²) in [5.41, 5.74) is 0.117. The highest BCUT2D eigenvalue weighted by Gasteiger charge is 2.45. The largest absolute Gasteiger partial charge is 0.362 e. The Kier molecular flexibility index (Phi) is 4.30. The lowest BCUT2D eigenvalue weighted by Crippen LogP contribution is -2.47. The monoisotopic (exact) mass is 318 g/mol. The molecule has 3 rings (SSSR count). The number of piperidine rings is 1. The molecule has 2 fully saturated rings. The molecule has 7 nitrogen and oxygen atoms in total. The van der Waals surface area contributed by atoms with E-state index in [2.05, 4.69) is 9.97 Å². The van der Waals surface area contributed by atoms with Gasteiger partial charge in [0.25, 0.3) is 11.8 Å². The van der Waals surface area contributed by atoms with Gasteiger partial charge in [0.15, 0.2) is 0 Å². The summed E-state index contributed by atoms with van der Waals surface area (Å²) in [5, 5.41) is 0. The number of carbonyl (C=O) groups is 2. The Morgan fingerprint density at radius 1 is 1.26 bits per heavy atom. The molecule has 0 radical (unpaired) electrons. The van der Waals surface area contributed by atoms with Crippen LogP contribution in [0, 0.1) is 0 Å². The van der Waals surface area contributed by atoms with Crippen LogP contribution in [-0.4, -0.2) is 70.5 Å². The second-order valence-corrected chi connectivity index (χ2v) is 6.44. The van der Waals surface area contributed by atoms with E-state index in [4.69, 9.17) is 4.74 Å². The first-order valence-corrected chi connectivity index (χ1v) is 7.95. The van der Waals surface area contributed by atoms with Crippen LogP contribution < -0.4 is 0 Å². The molecule has 1 aromatic heterocycles. The Hall–Kier alpha value is -2.02. The molecule has 1 aromatic rings. The van der Waals surface area contributed by atoms with E-state index in [1.807, 2.05) is 0 Å². The minimum Gasteiger partial charge on any atom is -0.362 e. The summed E-state index contributed by atoms with van der Waals surface area (Å²) < 4.78 is 6.09. The van der Waals surface area contributed by atoms with Gasteiger partial charge in [-0.25, -0.2) is 4.98 Å². The number of likely N-dealkylation sites (tertiary alicyclic amines) is 1. The second kappa shape index (κ2) is 6.23. The molecular formula is C16H22N4O3. The molecule has 0 N–H and O–H groups in total. The topological polar surface area (TPSA) is 75.6 Å². The molecule has 2 aliphatic rings. The van der Waals surface area contributed by atoms with Crippen molar-refractivity contribution in [3.8, 4) is 0 Å². The second-order valence-electron chi connectivity index (χ2n) is 6.44. The number of nitrogens with zero attached hydrogens (tertiary/aromatic N) is 4. The van der Waals surface area contributed by atoms with Gasteiger partial charge in [0.1, 0.15) is 11.8 Å². The third kappa shape index (κ3) is 3.19. The van der Waals surface area contributed by atoms with E-state index in [9.17, 15) is 9.59 Å². The molecule has 2 aliphatic heterocycles. The van der Waals surface area contributed by atoms with Crippen molar-refractivity contribution in [3.05, 3.63) is 24.3 Å². The van der Waals surface area contributed by atoms with Crippen molar-refractivity contribution in [3.63, 3.8) is 0 Å². The van der Waals surface area contributed by atoms with Crippen molar-refractivity contribution in [1.82, 2.24) is 19.8 Å². The fourth-order valence-electron chi connectivity index (χ4n) is 3.33. The van der Waals surface area contributed by atoms with E-state index in [1.165, 1.54) is 12.4 Å². The molecule has 2 saturated heterocycles. The molecule has 0 aromatic carbocycles. The number of carbonyl (C=O) groups excluding carboxylic acids is 2. The molecule has 0 saturated carbocycles. The molecule has 0 bridgehead atoms. The Morgan fingerprint density at radius 2 is 2.00 bits per heavy atom. The van der Waals surface area contributed by atoms with Crippen LogP contribution in [-0.2, 0) is 9.53 Å². The number of hydrogen-bond acceptors (Lipinski definition) is 5. The fraction of sp³-hybridized carbons (Fsp3) is 0.625. The lowest BCUT2D eigenvalue weighted by atomic mass is 9.88. The van der Waals surface area contributed by atoms with Crippen LogP contribution in [0.1, 0.15) is 36.2 Å². The van der Waals surface area contributed by atoms with Crippen LogP contribution in [0.5, 0.6) is 0 Å². The van der Waals surface area contributed by atoms with E-state index in [0.717, 1.165) is 25.7 Å². The quantitative estimate of drug-likeness (QED) is 0.803. The molecule has 0 unspecified atom stereocenters. The maximum absolute atomic E-state index is 12.4. The van der Waals surface area contributed by atoms with Crippen LogP contribution in [0.15, 0.2) is 18.6 Å². The van der Waals surface area contributed by atoms with Crippen LogP contribution in [0.2, 0.25) is 0 Å². The van der Waals surface area contributed by atoms with E-state index >= 15 is 0 Å². The van der Waals surface area contributed by atoms with Gasteiger partial charge in [0, 0.05) is 39.6 Å². The first kappa shape index (κ1) is 15.9. The zero-order valence-electron chi connectivity index (χ0n) is 13.6. The predicted octanol–water partition coefficient (Wildman–Crippen LogP) is 0.719. The smallest absolute Gasteiger partial charge is 0.274 e. The van der Waals surface area contributed by atoms with E-state index < -0.39 is 0 Å². The average molecular weight is 318 g/mol. The van der Waals surface area contributed by atoms with Gasteiger partial charge < -0.3 is 14.5 Å². The number of likely N-dealkylation sites (N-methyl/N-ethyl adjacent to an activating group) is 1. The highest BCUT2D eigenvalue weighted by molar-refractivity contribution is 5.92. The summed E-state index contributed by atoms with van der Waals surface area (Å²) in [6.45, 7) is 1.25. The lowest BCUT2D eigenvalue weighted by molar-refractivity contribution is -0.148. The third-order valence-corrected chi connectivity index (χ3v) is 4.71. The molecule has 23 heavy (non-hydrogen) atoms. The molecule has 7 heteroatoms. The van der Waals surface area contributed by atoms with Gasteiger partial charge in [-0.3, -0.25) is 14.6 Å². The molecule has 3 heterocycles. The predicted molar refractivity (Wildman–Crippen MR) is 82.7 cm³/mol. The number of ether oxygens (including phenoxy) is 1. The van der Waals surface area contributed by atoms with Gasteiger partial charge in [-0.15, -0.1) is 0 Å². The van der Waals surface area contributed by atoms with Crippen molar-refractivity contribution in [1.29, 1.82) is 0 Å². The van der Waals surface area contributed by atoms with Crippen molar-refractivity contribution in [2.45, 2.75) is 37.4 Å². The maximum atomic E-state index is 12.4. The summed E-state index contributed by atoms with van der Waals surface area (Å²) in [6, 6.07) is 0. The van der Waals surface area contributed by atoms with Crippen LogP contribution >= 0.6 is 0 Å². The Labute approximate surface area is 135 Å². The SMILES string of the molecule is CN(C)C(=O)[C@@H]1CCC2(CCN(C(=O)c3cnccn3)CC2)O1. The zero-order valence-corrected chi connectivity index (χ0v) is 13.6. The van der Waals surface area contributed by atoms with Crippen molar-refractivity contribution in [2.75, 3.05) is 27.2 Å². The number of amides is 2. The normalized spacial score (nSPS) is 23.0. The highest BCUT2D eigenvalue weighted by atomic mass is 16.5. The van der Waals surface area contributed by atoms with Crippen molar-refractivity contribution < 1.29 is 14.3 Å². The number of hydrogen-bond donors (Lipinski definition) is 0. The van der Waals surface area contributed by atoms with E-state index in [1.54, 1.807) is 30.1 Å². The van der Waals surface area contributed by atoms with Gasteiger partial charge in [-0.1, -0.05) is 0 Å². The summed E-state index contributed by atoms with van der Waals surface area (Å²) in [6.07, 6.45) is 7.38. The third-order valence-electron chi connectivity index (χ3n) is 4.71. The summed E-state index contributed by atoms with van der Waals surface area (Å²) in [7, 11) is 3.50. The summed E-state index contributed by atoms with van der Waals surface area (Å²) >= 11 is 0. The summed E-state index contributed by atoms with van der Waals surface area (Å²) in [5.74, 6) is -0.0631. The minimum absolute atomic E-state index is 0.0277. The molecular weight excluding hydrogens is 296 g/mol. The van der Waals surface area contributed by atoms with Gasteiger partial charge in [0.2, 0.25) is 0 Å². The van der Waals surface area contributed by atoms with Gasteiger partial charge >= 0.3 is 0 Å². The molecule has 0 aliphatic carbocycles. The molecule has 124 valence electrons. The van der Waals surface area contributed by atoms with Crippen LogP contribution in [0.25, 0.3) is 0 Å². The van der Waals surface area contributed by atoms with Crippen molar-refractivity contribution in [2.24, 2.45) is 0 Å². The average Bonchev–Trinajstić information content (AvgIpc) is 2.98. The fourth-order valence-corrected chi connectivity index (χ4v) is 3.33. The Morgan fingerprint density at radius 3 is 2.61 bits per heavy atom. The first-order valence-electron chi connectivity index (χ1n) is 7.95. The standard InChI is InChI=1S/C16H22N4O3/c1-19(2)15(22)13-3-4-16(23-13)5-9-20(10-6-16)14(21)12-11-17-7-8-18-12/h7-8,11,13H,3-6,9-10H2,1-2H3/t13-/m0/s1. The zero-order chi connectivity index (χ0) is 16.4. The lowest BCUT2D eigenvalue weighted by Gasteiger charge is -2.39. The first-order chi connectivity index (χ1) is 11.0. The van der Waals surface area contributed by atoms with Crippen molar-refractivity contribution >= 4 is 11.8 Å².